The molecule has 2 aromatic heterocycles. The Hall–Kier alpha value is -2.87. The van der Waals surface area contributed by atoms with Crippen LogP contribution in [-0.2, 0) is 0 Å². The molecule has 1 amide bonds. The lowest BCUT2D eigenvalue weighted by molar-refractivity contribution is 0.0746. The maximum Gasteiger partial charge on any atom is 0.254 e. The minimum atomic E-state index is -0.0650. The number of aromatic nitrogens is 4. The smallest absolute Gasteiger partial charge is 0.254 e. The molecule has 0 aliphatic carbocycles. The van der Waals surface area contributed by atoms with Crippen molar-refractivity contribution in [1.82, 2.24) is 24.6 Å². The molecule has 0 atom stereocenters. The monoisotopic (exact) mass is 486 g/mol. The SMILES string of the molecule is O=C(c1ccc(Cl)c(Cl)c1)N1CCN(c2ncnc3c2cnn3-c2cccc(Cl)c2)CC1. The van der Waals surface area contributed by atoms with Crippen molar-refractivity contribution < 1.29 is 4.79 Å². The second-order valence-corrected chi connectivity index (χ2v) is 8.63. The van der Waals surface area contributed by atoms with Crippen LogP contribution in [0.4, 0.5) is 5.82 Å². The molecule has 3 heterocycles. The maximum absolute atomic E-state index is 12.9. The quantitative estimate of drug-likeness (QED) is 0.418. The molecule has 0 saturated carbocycles. The van der Waals surface area contributed by atoms with Crippen LogP contribution in [0.3, 0.4) is 0 Å². The molecule has 0 spiro atoms. The first-order chi connectivity index (χ1) is 15.5. The summed E-state index contributed by atoms with van der Waals surface area (Å²) in [5.74, 6) is 0.731. The van der Waals surface area contributed by atoms with Crippen molar-refractivity contribution in [3.63, 3.8) is 0 Å². The van der Waals surface area contributed by atoms with E-state index in [-0.39, 0.29) is 5.91 Å². The second kappa shape index (κ2) is 8.58. The summed E-state index contributed by atoms with van der Waals surface area (Å²) in [6, 6.07) is 12.4. The summed E-state index contributed by atoms with van der Waals surface area (Å²) in [5, 5.41) is 6.77. The van der Waals surface area contributed by atoms with E-state index in [9.17, 15) is 4.79 Å². The lowest BCUT2D eigenvalue weighted by Gasteiger charge is -2.35. The number of rotatable bonds is 3. The predicted octanol–water partition coefficient (Wildman–Crippen LogP) is 4.74. The Bertz CT molecular complexity index is 1320. The van der Waals surface area contributed by atoms with Gasteiger partial charge in [-0.05, 0) is 36.4 Å². The van der Waals surface area contributed by atoms with Crippen molar-refractivity contribution in [2.45, 2.75) is 0 Å². The van der Waals surface area contributed by atoms with Crippen molar-refractivity contribution >= 4 is 57.6 Å². The van der Waals surface area contributed by atoms with E-state index in [1.807, 2.05) is 29.2 Å². The number of halogens is 3. The molecule has 0 unspecified atom stereocenters. The summed E-state index contributed by atoms with van der Waals surface area (Å²) < 4.78 is 1.75. The predicted molar refractivity (Wildman–Crippen MR) is 126 cm³/mol. The molecule has 32 heavy (non-hydrogen) atoms. The first kappa shape index (κ1) is 21.0. The topological polar surface area (TPSA) is 67.2 Å². The summed E-state index contributed by atoms with van der Waals surface area (Å²) in [7, 11) is 0. The number of carbonyl (C=O) groups excluding carboxylic acids is 1. The lowest BCUT2D eigenvalue weighted by atomic mass is 10.1. The first-order valence-electron chi connectivity index (χ1n) is 9.95. The highest BCUT2D eigenvalue weighted by Gasteiger charge is 2.25. The highest BCUT2D eigenvalue weighted by atomic mass is 35.5. The number of anilines is 1. The minimum Gasteiger partial charge on any atom is -0.352 e. The van der Waals surface area contributed by atoms with Crippen LogP contribution in [0, 0.1) is 0 Å². The number of hydrogen-bond donors (Lipinski definition) is 0. The Balaban J connectivity index is 1.36. The Labute approximate surface area is 199 Å². The normalized spacial score (nSPS) is 14.2. The van der Waals surface area contributed by atoms with Gasteiger partial charge in [-0.15, -0.1) is 0 Å². The van der Waals surface area contributed by atoms with Crippen LogP contribution in [0.25, 0.3) is 16.7 Å². The van der Waals surface area contributed by atoms with Crippen LogP contribution in [0.1, 0.15) is 10.4 Å². The average Bonchev–Trinajstić information content (AvgIpc) is 3.25. The van der Waals surface area contributed by atoms with Gasteiger partial charge in [0.25, 0.3) is 5.91 Å². The number of amides is 1. The Morgan fingerprint density at radius 1 is 0.906 bits per heavy atom. The maximum atomic E-state index is 12.9. The van der Waals surface area contributed by atoms with Gasteiger partial charge in [0, 0.05) is 36.8 Å². The van der Waals surface area contributed by atoms with E-state index in [4.69, 9.17) is 34.8 Å². The lowest BCUT2D eigenvalue weighted by Crippen LogP contribution is -2.49. The fourth-order valence-electron chi connectivity index (χ4n) is 3.81. The largest absolute Gasteiger partial charge is 0.352 e. The van der Waals surface area contributed by atoms with E-state index in [0.29, 0.717) is 52.5 Å². The number of hydrogen-bond acceptors (Lipinski definition) is 5. The van der Waals surface area contributed by atoms with Crippen LogP contribution >= 0.6 is 34.8 Å². The summed E-state index contributed by atoms with van der Waals surface area (Å²) >= 11 is 18.2. The van der Waals surface area contributed by atoms with Crippen molar-refractivity contribution in [2.24, 2.45) is 0 Å². The number of piperazine rings is 1. The van der Waals surface area contributed by atoms with Crippen LogP contribution < -0.4 is 4.90 Å². The van der Waals surface area contributed by atoms with Crippen LogP contribution in [0.15, 0.2) is 55.0 Å². The fraction of sp³-hybridized carbons (Fsp3) is 0.182. The first-order valence-corrected chi connectivity index (χ1v) is 11.1. The molecule has 0 radical (unpaired) electrons. The average molecular weight is 488 g/mol. The highest BCUT2D eigenvalue weighted by Crippen LogP contribution is 2.27. The van der Waals surface area contributed by atoms with Gasteiger partial charge in [0.05, 0.1) is 27.3 Å². The summed E-state index contributed by atoms with van der Waals surface area (Å²) in [6.45, 7) is 2.41. The zero-order valence-corrected chi connectivity index (χ0v) is 19.0. The van der Waals surface area contributed by atoms with Gasteiger partial charge in [0.1, 0.15) is 12.1 Å². The molecule has 4 aromatic rings. The van der Waals surface area contributed by atoms with E-state index < -0.39 is 0 Å². The van der Waals surface area contributed by atoms with Gasteiger partial charge in [-0.25, -0.2) is 14.6 Å². The van der Waals surface area contributed by atoms with Crippen molar-refractivity contribution in [1.29, 1.82) is 0 Å². The molecule has 2 aromatic carbocycles. The van der Waals surface area contributed by atoms with E-state index in [1.54, 1.807) is 29.1 Å². The van der Waals surface area contributed by atoms with Crippen LogP contribution in [0.5, 0.6) is 0 Å². The zero-order valence-electron chi connectivity index (χ0n) is 16.8. The number of carbonyl (C=O) groups is 1. The molecule has 10 heteroatoms. The van der Waals surface area contributed by atoms with Crippen molar-refractivity contribution in [3.8, 4) is 5.69 Å². The number of fused-ring (bicyclic) bond motifs is 1. The molecular weight excluding hydrogens is 471 g/mol. The molecule has 0 bridgehead atoms. The summed E-state index contributed by atoms with van der Waals surface area (Å²) in [4.78, 5) is 25.8. The Kier molecular flexibility index (Phi) is 5.63. The van der Waals surface area contributed by atoms with E-state index in [1.165, 1.54) is 6.33 Å². The minimum absolute atomic E-state index is 0.0650. The van der Waals surface area contributed by atoms with Crippen LogP contribution in [-0.4, -0.2) is 56.7 Å². The van der Waals surface area contributed by atoms with Gasteiger partial charge in [-0.3, -0.25) is 4.79 Å². The highest BCUT2D eigenvalue weighted by molar-refractivity contribution is 6.42. The molecule has 1 fully saturated rings. The summed E-state index contributed by atoms with van der Waals surface area (Å²) in [5.41, 5.74) is 2.06. The van der Waals surface area contributed by atoms with Crippen LogP contribution in [0.2, 0.25) is 15.1 Å². The fourth-order valence-corrected chi connectivity index (χ4v) is 4.30. The number of benzene rings is 2. The third-order valence-electron chi connectivity index (χ3n) is 5.43. The van der Waals surface area contributed by atoms with Gasteiger partial charge in [0.15, 0.2) is 5.65 Å². The standard InChI is InChI=1S/C22H17Cl3N6O/c23-15-2-1-3-16(11-15)31-21-17(12-28-31)20(26-13-27-21)29-6-8-30(9-7-29)22(32)14-4-5-18(24)19(25)10-14/h1-5,10-13H,6-9H2. The van der Waals surface area contributed by atoms with Gasteiger partial charge < -0.3 is 9.80 Å². The molecular formula is C22H17Cl3N6O. The van der Waals surface area contributed by atoms with Gasteiger partial charge in [-0.1, -0.05) is 40.9 Å². The van der Waals surface area contributed by atoms with Crippen molar-refractivity contribution in [2.75, 3.05) is 31.1 Å². The third-order valence-corrected chi connectivity index (χ3v) is 6.40. The van der Waals surface area contributed by atoms with Gasteiger partial charge in [0.2, 0.25) is 0 Å². The van der Waals surface area contributed by atoms with Gasteiger partial charge >= 0.3 is 0 Å². The molecule has 7 nitrogen and oxygen atoms in total. The summed E-state index contributed by atoms with van der Waals surface area (Å²) in [6.07, 6.45) is 3.30. The van der Waals surface area contributed by atoms with E-state index in [2.05, 4.69) is 20.0 Å². The second-order valence-electron chi connectivity index (χ2n) is 7.38. The Morgan fingerprint density at radius 2 is 1.72 bits per heavy atom. The number of nitrogens with zero attached hydrogens (tertiary/aromatic N) is 6. The molecule has 0 N–H and O–H groups in total. The molecule has 1 aliphatic rings. The zero-order chi connectivity index (χ0) is 22.2. The van der Waals surface area contributed by atoms with Crippen molar-refractivity contribution in [3.05, 3.63) is 75.6 Å². The molecule has 1 saturated heterocycles. The molecule has 1 aliphatic heterocycles. The van der Waals surface area contributed by atoms with Gasteiger partial charge in [-0.2, -0.15) is 5.10 Å². The Morgan fingerprint density at radius 3 is 2.47 bits per heavy atom. The van der Waals surface area contributed by atoms with E-state index >= 15 is 0 Å². The third kappa shape index (κ3) is 3.88. The molecule has 162 valence electrons. The van der Waals surface area contributed by atoms with E-state index in [0.717, 1.165) is 16.9 Å². The molecule has 5 rings (SSSR count).